The van der Waals surface area contributed by atoms with Crippen LogP contribution in [0.1, 0.15) is 33.6 Å². The number of carbonyl (C=O) groups excluding carboxylic acids is 1. The van der Waals surface area contributed by atoms with Crippen molar-refractivity contribution in [2.75, 3.05) is 20.1 Å². The van der Waals surface area contributed by atoms with Crippen LogP contribution in [0.5, 0.6) is 0 Å². The van der Waals surface area contributed by atoms with Crippen LogP contribution in [0, 0.1) is 5.92 Å². The lowest BCUT2D eigenvalue weighted by atomic mass is 10.1. The van der Waals surface area contributed by atoms with E-state index in [2.05, 4.69) is 31.1 Å². The van der Waals surface area contributed by atoms with E-state index in [4.69, 9.17) is 18.0 Å². The lowest BCUT2D eigenvalue weighted by Crippen LogP contribution is -2.38. The normalized spacial score (nSPS) is 12.8. The van der Waals surface area contributed by atoms with Crippen molar-refractivity contribution in [3.8, 4) is 0 Å². The fraction of sp³-hybridized carbons (Fsp3) is 0.833. The quantitative estimate of drug-likeness (QED) is 0.507. The topological polar surface area (TPSA) is 58.4 Å². The zero-order chi connectivity index (χ0) is 13.4. The second-order valence-electron chi connectivity index (χ2n) is 4.58. The molecule has 0 heterocycles. The molecule has 0 aliphatic carbocycles. The largest absolute Gasteiger partial charge is 0.393 e. The maximum absolute atomic E-state index is 11.7. The average molecular weight is 259 g/mol. The molecule has 0 fully saturated rings. The Kier molecular flexibility index (Phi) is 8.08. The lowest BCUT2D eigenvalue weighted by Gasteiger charge is -2.21. The van der Waals surface area contributed by atoms with Gasteiger partial charge < -0.3 is 16.0 Å². The molecule has 1 unspecified atom stereocenters. The molecule has 0 spiro atoms. The van der Waals surface area contributed by atoms with Crippen LogP contribution in [0.2, 0.25) is 0 Å². The first-order valence-corrected chi connectivity index (χ1v) is 6.58. The minimum absolute atomic E-state index is 0.0489. The second kappa shape index (κ2) is 8.42. The molecule has 4 nitrogen and oxygen atoms in total. The lowest BCUT2D eigenvalue weighted by molar-refractivity contribution is -0.123. The Labute approximate surface area is 110 Å². The minimum Gasteiger partial charge on any atom is -0.393 e. The van der Waals surface area contributed by atoms with Crippen LogP contribution in [-0.4, -0.2) is 42.0 Å². The van der Waals surface area contributed by atoms with Gasteiger partial charge in [0.25, 0.3) is 0 Å². The van der Waals surface area contributed by atoms with Gasteiger partial charge in [-0.15, -0.1) is 0 Å². The van der Waals surface area contributed by atoms with Crippen LogP contribution < -0.4 is 11.1 Å². The van der Waals surface area contributed by atoms with Crippen molar-refractivity contribution in [1.82, 2.24) is 10.2 Å². The van der Waals surface area contributed by atoms with E-state index in [0.29, 0.717) is 19.0 Å². The van der Waals surface area contributed by atoms with E-state index in [0.717, 1.165) is 13.0 Å². The molecule has 0 aromatic rings. The van der Waals surface area contributed by atoms with Crippen molar-refractivity contribution in [2.24, 2.45) is 11.7 Å². The molecule has 0 saturated heterocycles. The fourth-order valence-electron chi connectivity index (χ4n) is 1.44. The summed E-state index contributed by atoms with van der Waals surface area (Å²) in [5.74, 6) is -0.375. The van der Waals surface area contributed by atoms with Gasteiger partial charge in [0.2, 0.25) is 5.91 Å². The molecule has 100 valence electrons. The van der Waals surface area contributed by atoms with Crippen molar-refractivity contribution in [1.29, 1.82) is 0 Å². The number of hydrogen-bond donors (Lipinski definition) is 2. The minimum atomic E-state index is -0.326. The van der Waals surface area contributed by atoms with Crippen molar-refractivity contribution in [3.63, 3.8) is 0 Å². The summed E-state index contributed by atoms with van der Waals surface area (Å²) < 4.78 is 0. The van der Waals surface area contributed by atoms with Crippen molar-refractivity contribution in [3.05, 3.63) is 0 Å². The van der Waals surface area contributed by atoms with Gasteiger partial charge in [0.15, 0.2) is 0 Å². The third kappa shape index (κ3) is 6.58. The summed E-state index contributed by atoms with van der Waals surface area (Å²) >= 11 is 4.86. The molecule has 1 atom stereocenters. The van der Waals surface area contributed by atoms with Gasteiger partial charge in [0.1, 0.15) is 0 Å². The second-order valence-corrected chi connectivity index (χ2v) is 5.05. The molecular formula is C12H25N3OS. The van der Waals surface area contributed by atoms with Gasteiger partial charge >= 0.3 is 0 Å². The van der Waals surface area contributed by atoms with Gasteiger partial charge in [-0.3, -0.25) is 4.79 Å². The Morgan fingerprint density at radius 2 is 2.06 bits per heavy atom. The predicted molar refractivity (Wildman–Crippen MR) is 76.0 cm³/mol. The Morgan fingerprint density at radius 3 is 2.47 bits per heavy atom. The summed E-state index contributed by atoms with van der Waals surface area (Å²) in [5.41, 5.74) is 5.50. The van der Waals surface area contributed by atoms with Crippen molar-refractivity contribution < 1.29 is 4.79 Å². The maximum atomic E-state index is 11.7. The highest BCUT2D eigenvalue weighted by Crippen LogP contribution is 2.02. The zero-order valence-corrected chi connectivity index (χ0v) is 12.1. The van der Waals surface area contributed by atoms with Gasteiger partial charge in [0.05, 0.1) is 10.9 Å². The van der Waals surface area contributed by atoms with Gasteiger partial charge in [-0.25, -0.2) is 0 Å². The number of nitrogens with one attached hydrogen (secondary N) is 1. The number of carbonyl (C=O) groups is 1. The van der Waals surface area contributed by atoms with Crippen molar-refractivity contribution >= 4 is 23.1 Å². The van der Waals surface area contributed by atoms with E-state index in [1.54, 1.807) is 0 Å². The highest BCUT2D eigenvalue weighted by molar-refractivity contribution is 7.80. The molecule has 0 aromatic heterocycles. The van der Waals surface area contributed by atoms with E-state index in [1.165, 1.54) is 0 Å². The monoisotopic (exact) mass is 259 g/mol. The van der Waals surface area contributed by atoms with E-state index < -0.39 is 0 Å². The molecule has 0 saturated carbocycles. The van der Waals surface area contributed by atoms with E-state index in [9.17, 15) is 4.79 Å². The van der Waals surface area contributed by atoms with Crippen LogP contribution in [0.3, 0.4) is 0 Å². The predicted octanol–water partition coefficient (Wildman–Crippen LogP) is 1.15. The molecule has 0 rings (SSSR count). The summed E-state index contributed by atoms with van der Waals surface area (Å²) in [6.45, 7) is 7.86. The molecule has 3 N–H and O–H groups in total. The Bertz CT molecular complexity index is 256. The van der Waals surface area contributed by atoms with Crippen LogP contribution in [-0.2, 0) is 4.79 Å². The summed E-state index contributed by atoms with van der Waals surface area (Å²) in [5, 5.41) is 2.88. The Hall–Kier alpha value is -0.680. The van der Waals surface area contributed by atoms with Gasteiger partial charge in [-0.05, 0) is 40.3 Å². The summed E-state index contributed by atoms with van der Waals surface area (Å²) in [6.07, 6.45) is 1.60. The maximum Gasteiger partial charge on any atom is 0.229 e. The third-order valence-corrected chi connectivity index (χ3v) is 3.22. The molecule has 17 heavy (non-hydrogen) atoms. The molecule has 0 aliphatic rings. The fourth-order valence-corrected chi connectivity index (χ4v) is 1.71. The molecule has 0 aliphatic heterocycles. The van der Waals surface area contributed by atoms with Crippen LogP contribution in [0.25, 0.3) is 0 Å². The standard InChI is InChI=1S/C12H25N3OS/c1-5-10(11(13)17)12(16)14-7-6-8-15(4)9(2)3/h9-10H,5-8H2,1-4H3,(H2,13,17)(H,14,16). The van der Waals surface area contributed by atoms with Crippen LogP contribution in [0.15, 0.2) is 0 Å². The molecule has 0 radical (unpaired) electrons. The summed E-state index contributed by atoms with van der Waals surface area (Å²) in [6, 6.07) is 0.533. The number of hydrogen-bond acceptors (Lipinski definition) is 3. The number of thiocarbonyl (C=S) groups is 1. The van der Waals surface area contributed by atoms with Crippen molar-refractivity contribution in [2.45, 2.75) is 39.7 Å². The molecule has 1 amide bonds. The third-order valence-electron chi connectivity index (χ3n) is 2.94. The number of amides is 1. The Balaban J connectivity index is 3.82. The highest BCUT2D eigenvalue weighted by Gasteiger charge is 2.18. The molecule has 0 aromatic carbocycles. The van der Waals surface area contributed by atoms with Gasteiger partial charge in [-0.2, -0.15) is 0 Å². The SMILES string of the molecule is CCC(C(=O)NCCCN(C)C(C)C)C(N)=S. The smallest absolute Gasteiger partial charge is 0.229 e. The van der Waals surface area contributed by atoms with E-state index in [-0.39, 0.29) is 16.8 Å². The van der Waals surface area contributed by atoms with Gasteiger partial charge in [-0.1, -0.05) is 19.1 Å². The van der Waals surface area contributed by atoms with Crippen LogP contribution in [0.4, 0.5) is 0 Å². The number of nitrogens with zero attached hydrogens (tertiary/aromatic N) is 1. The zero-order valence-electron chi connectivity index (χ0n) is 11.3. The Morgan fingerprint density at radius 1 is 1.47 bits per heavy atom. The first-order chi connectivity index (χ1) is 7.90. The van der Waals surface area contributed by atoms with E-state index in [1.807, 2.05) is 6.92 Å². The van der Waals surface area contributed by atoms with E-state index >= 15 is 0 Å². The number of nitrogens with two attached hydrogens (primary N) is 1. The highest BCUT2D eigenvalue weighted by atomic mass is 32.1. The molecule has 5 heteroatoms. The van der Waals surface area contributed by atoms with Gasteiger partial charge in [0, 0.05) is 12.6 Å². The summed E-state index contributed by atoms with van der Waals surface area (Å²) in [4.78, 5) is 14.2. The average Bonchev–Trinajstić information content (AvgIpc) is 2.24. The summed E-state index contributed by atoms with van der Waals surface area (Å²) in [7, 11) is 2.08. The molecular weight excluding hydrogens is 234 g/mol. The van der Waals surface area contributed by atoms with Crippen LogP contribution >= 0.6 is 12.2 Å². The molecule has 0 bridgehead atoms. The first kappa shape index (κ1) is 16.3. The number of rotatable bonds is 8. The first-order valence-electron chi connectivity index (χ1n) is 6.17.